The summed E-state index contributed by atoms with van der Waals surface area (Å²) in [5.41, 5.74) is 9.00. The molecule has 0 bridgehead atoms. The Morgan fingerprint density at radius 2 is 1.69 bits per heavy atom. The van der Waals surface area contributed by atoms with Crippen molar-refractivity contribution in [3.63, 3.8) is 0 Å². The molecular formula is C24H26N4O. The highest BCUT2D eigenvalue weighted by Crippen LogP contribution is 2.21. The van der Waals surface area contributed by atoms with Crippen molar-refractivity contribution in [3.8, 4) is 0 Å². The van der Waals surface area contributed by atoms with Crippen LogP contribution in [0.1, 0.15) is 52.9 Å². The van der Waals surface area contributed by atoms with Gasteiger partial charge < -0.3 is 10.6 Å². The van der Waals surface area contributed by atoms with Gasteiger partial charge >= 0.3 is 0 Å². The first-order valence-corrected chi connectivity index (χ1v) is 10.3. The Balaban J connectivity index is 1.59. The highest BCUT2D eigenvalue weighted by Gasteiger charge is 2.18. The van der Waals surface area contributed by atoms with Crippen LogP contribution in [0.2, 0.25) is 0 Å². The molecule has 3 heterocycles. The predicted octanol–water partition coefficient (Wildman–Crippen LogP) is 4.26. The molecule has 0 radical (unpaired) electrons. The van der Waals surface area contributed by atoms with Gasteiger partial charge in [0.1, 0.15) is 17.3 Å². The van der Waals surface area contributed by atoms with E-state index in [0.29, 0.717) is 17.7 Å². The van der Waals surface area contributed by atoms with E-state index in [2.05, 4.69) is 27.0 Å². The molecule has 2 N–H and O–H groups in total. The Labute approximate surface area is 171 Å². The topological polar surface area (TPSA) is 72.1 Å². The van der Waals surface area contributed by atoms with Crippen molar-refractivity contribution in [2.75, 3.05) is 23.7 Å². The Morgan fingerprint density at radius 1 is 0.931 bits per heavy atom. The van der Waals surface area contributed by atoms with Gasteiger partial charge in [0.05, 0.1) is 5.56 Å². The van der Waals surface area contributed by atoms with Gasteiger partial charge in [-0.2, -0.15) is 0 Å². The molecule has 0 unspecified atom stereocenters. The van der Waals surface area contributed by atoms with Gasteiger partial charge in [0.15, 0.2) is 0 Å². The van der Waals surface area contributed by atoms with Crippen LogP contribution in [0.3, 0.4) is 0 Å². The zero-order valence-corrected chi connectivity index (χ0v) is 16.6. The van der Waals surface area contributed by atoms with Gasteiger partial charge in [0.2, 0.25) is 5.78 Å². The molecule has 0 spiro atoms. The fraction of sp³-hybridized carbons (Fsp3) is 0.292. The number of carbonyl (C=O) groups is 1. The third kappa shape index (κ3) is 4.62. The van der Waals surface area contributed by atoms with E-state index in [1.165, 1.54) is 18.4 Å². The molecule has 29 heavy (non-hydrogen) atoms. The SMILES string of the molecule is Nc1ncc(Cc2ccccc2)cc1C(=O)c1cccc(N2CCCCCC2)n1. The molecule has 1 aliphatic heterocycles. The number of benzene rings is 1. The highest BCUT2D eigenvalue weighted by atomic mass is 16.1. The van der Waals surface area contributed by atoms with Crippen LogP contribution < -0.4 is 10.6 Å². The smallest absolute Gasteiger partial charge is 0.215 e. The molecule has 3 aromatic rings. The summed E-state index contributed by atoms with van der Waals surface area (Å²) in [6.45, 7) is 1.97. The maximum Gasteiger partial charge on any atom is 0.215 e. The number of rotatable bonds is 5. The largest absolute Gasteiger partial charge is 0.383 e. The summed E-state index contributed by atoms with van der Waals surface area (Å²) in [6, 6.07) is 17.6. The molecule has 0 saturated carbocycles. The van der Waals surface area contributed by atoms with Crippen molar-refractivity contribution in [1.82, 2.24) is 9.97 Å². The average molecular weight is 386 g/mol. The second-order valence-corrected chi connectivity index (χ2v) is 7.55. The quantitative estimate of drug-likeness (QED) is 0.663. The molecule has 0 atom stereocenters. The number of hydrogen-bond donors (Lipinski definition) is 1. The second kappa shape index (κ2) is 8.86. The lowest BCUT2D eigenvalue weighted by Gasteiger charge is -2.21. The van der Waals surface area contributed by atoms with Gasteiger partial charge in [-0.1, -0.05) is 49.2 Å². The van der Waals surface area contributed by atoms with Crippen LogP contribution in [0.15, 0.2) is 60.8 Å². The third-order valence-electron chi connectivity index (χ3n) is 5.37. The lowest BCUT2D eigenvalue weighted by atomic mass is 10.0. The van der Waals surface area contributed by atoms with E-state index in [1.54, 1.807) is 12.3 Å². The molecule has 5 nitrogen and oxygen atoms in total. The summed E-state index contributed by atoms with van der Waals surface area (Å²) in [4.78, 5) is 24.4. The van der Waals surface area contributed by atoms with Gasteiger partial charge in [-0.25, -0.2) is 9.97 Å². The van der Waals surface area contributed by atoms with Crippen molar-refractivity contribution in [2.24, 2.45) is 0 Å². The number of aromatic nitrogens is 2. The van der Waals surface area contributed by atoms with E-state index < -0.39 is 0 Å². The van der Waals surface area contributed by atoms with Crippen molar-refractivity contribution >= 4 is 17.4 Å². The number of carbonyl (C=O) groups excluding carboxylic acids is 1. The van der Waals surface area contributed by atoms with Crippen LogP contribution in [-0.2, 0) is 6.42 Å². The molecule has 2 aromatic heterocycles. The summed E-state index contributed by atoms with van der Waals surface area (Å²) in [5, 5.41) is 0. The first-order valence-electron chi connectivity index (χ1n) is 10.3. The van der Waals surface area contributed by atoms with E-state index in [1.807, 2.05) is 36.4 Å². The van der Waals surface area contributed by atoms with E-state index >= 15 is 0 Å². The Kier molecular flexibility index (Phi) is 5.84. The minimum absolute atomic E-state index is 0.179. The molecule has 1 aromatic carbocycles. The lowest BCUT2D eigenvalue weighted by molar-refractivity contribution is 0.103. The van der Waals surface area contributed by atoms with Crippen molar-refractivity contribution < 1.29 is 4.79 Å². The van der Waals surface area contributed by atoms with Crippen molar-refractivity contribution in [3.05, 3.63) is 83.2 Å². The molecule has 4 rings (SSSR count). The molecule has 5 heteroatoms. The first kappa shape index (κ1) is 19.1. The van der Waals surface area contributed by atoms with Gasteiger partial charge in [0.25, 0.3) is 0 Å². The Bertz CT molecular complexity index is 979. The summed E-state index contributed by atoms with van der Waals surface area (Å²) in [6.07, 6.45) is 7.28. The number of nitrogen functional groups attached to an aromatic ring is 1. The van der Waals surface area contributed by atoms with E-state index in [4.69, 9.17) is 5.73 Å². The second-order valence-electron chi connectivity index (χ2n) is 7.55. The van der Waals surface area contributed by atoms with Crippen LogP contribution >= 0.6 is 0 Å². The fourth-order valence-corrected chi connectivity index (χ4v) is 3.79. The standard InChI is InChI=1S/C24H26N4O/c25-24-20(16-19(17-26-24)15-18-9-4-3-5-10-18)23(29)21-11-8-12-22(27-21)28-13-6-1-2-7-14-28/h3-5,8-12,16-17H,1-2,6-7,13-15H2,(H2,25,26). The van der Waals surface area contributed by atoms with Crippen LogP contribution in [0.25, 0.3) is 0 Å². The average Bonchev–Trinajstić information content (AvgIpc) is 3.05. The van der Waals surface area contributed by atoms with Gasteiger partial charge in [0, 0.05) is 19.3 Å². The zero-order chi connectivity index (χ0) is 20.1. The number of pyridine rings is 2. The Hall–Kier alpha value is -3.21. The van der Waals surface area contributed by atoms with Crippen LogP contribution in [-0.4, -0.2) is 28.8 Å². The summed E-state index contributed by atoms with van der Waals surface area (Å²) >= 11 is 0. The molecule has 1 fully saturated rings. The fourth-order valence-electron chi connectivity index (χ4n) is 3.79. The molecule has 1 aliphatic rings. The minimum atomic E-state index is -0.179. The van der Waals surface area contributed by atoms with Gasteiger partial charge in [-0.3, -0.25) is 4.79 Å². The van der Waals surface area contributed by atoms with Gasteiger partial charge in [-0.15, -0.1) is 0 Å². The zero-order valence-electron chi connectivity index (χ0n) is 16.6. The molecule has 0 aliphatic carbocycles. The number of hydrogen-bond acceptors (Lipinski definition) is 5. The number of nitrogens with zero attached hydrogens (tertiary/aromatic N) is 3. The maximum atomic E-state index is 13.2. The third-order valence-corrected chi connectivity index (χ3v) is 5.37. The summed E-state index contributed by atoms with van der Waals surface area (Å²) in [5.74, 6) is 0.931. The molecule has 1 saturated heterocycles. The predicted molar refractivity (Wildman–Crippen MR) is 116 cm³/mol. The normalized spacial score (nSPS) is 14.4. The summed E-state index contributed by atoms with van der Waals surface area (Å²) in [7, 11) is 0. The van der Waals surface area contributed by atoms with Crippen LogP contribution in [0.5, 0.6) is 0 Å². The number of anilines is 2. The molecule has 0 amide bonds. The summed E-state index contributed by atoms with van der Waals surface area (Å²) < 4.78 is 0. The minimum Gasteiger partial charge on any atom is -0.383 e. The van der Waals surface area contributed by atoms with Gasteiger partial charge in [-0.05, 0) is 48.6 Å². The highest BCUT2D eigenvalue weighted by molar-refractivity contribution is 6.10. The molecular weight excluding hydrogens is 360 g/mol. The monoisotopic (exact) mass is 386 g/mol. The van der Waals surface area contributed by atoms with E-state index in [9.17, 15) is 4.79 Å². The van der Waals surface area contributed by atoms with Crippen molar-refractivity contribution in [1.29, 1.82) is 0 Å². The lowest BCUT2D eigenvalue weighted by Crippen LogP contribution is -2.25. The first-order chi connectivity index (χ1) is 14.2. The molecule has 148 valence electrons. The van der Waals surface area contributed by atoms with Crippen LogP contribution in [0, 0.1) is 0 Å². The van der Waals surface area contributed by atoms with Crippen LogP contribution in [0.4, 0.5) is 11.6 Å². The van der Waals surface area contributed by atoms with E-state index in [0.717, 1.165) is 37.3 Å². The maximum absolute atomic E-state index is 13.2. The van der Waals surface area contributed by atoms with Crippen molar-refractivity contribution in [2.45, 2.75) is 32.1 Å². The number of nitrogens with two attached hydrogens (primary N) is 1. The van der Waals surface area contributed by atoms with E-state index in [-0.39, 0.29) is 11.6 Å². The number of ketones is 1. The Morgan fingerprint density at radius 3 is 2.45 bits per heavy atom.